The van der Waals surface area contributed by atoms with E-state index in [1.165, 1.54) is 6.07 Å². The molecule has 0 aliphatic rings. The summed E-state index contributed by atoms with van der Waals surface area (Å²) in [5.41, 5.74) is 0.711. The molecule has 0 aromatic heterocycles. The number of benzene rings is 2. The number of hydrogen-bond donors (Lipinski definition) is 1. The van der Waals surface area contributed by atoms with Crippen LogP contribution < -0.4 is 5.32 Å². The van der Waals surface area contributed by atoms with Crippen molar-refractivity contribution in [3.63, 3.8) is 0 Å². The van der Waals surface area contributed by atoms with E-state index in [2.05, 4.69) is 37.2 Å². The molecule has 0 heterocycles. The molecule has 0 spiro atoms. The predicted octanol–water partition coefficient (Wildman–Crippen LogP) is 5.84. The van der Waals surface area contributed by atoms with Crippen LogP contribution in [-0.4, -0.2) is 0 Å². The van der Waals surface area contributed by atoms with E-state index in [4.69, 9.17) is 0 Å². The van der Waals surface area contributed by atoms with E-state index in [-0.39, 0.29) is 0 Å². The van der Waals surface area contributed by atoms with Crippen molar-refractivity contribution in [3.05, 3.63) is 62.5 Å². The highest BCUT2D eigenvalue weighted by Gasteiger charge is 2.30. The molecule has 1 nitrogen and oxygen atoms in total. The van der Waals surface area contributed by atoms with Crippen molar-refractivity contribution in [2.24, 2.45) is 0 Å². The van der Waals surface area contributed by atoms with Crippen LogP contribution in [0.1, 0.15) is 11.1 Å². The minimum atomic E-state index is -4.34. The smallest absolute Gasteiger partial charge is 0.380 e. The summed E-state index contributed by atoms with van der Waals surface area (Å²) >= 11 is 6.65. The quantitative estimate of drug-likeness (QED) is 0.672. The standard InChI is InChI=1S/C14H10Br2F3N/c15-11-4-2-1-3-9(11)8-20-13-7-10(14(17,18)19)5-6-12(13)16/h1-7,20H,8H2. The Balaban J connectivity index is 2.19. The van der Waals surface area contributed by atoms with Gasteiger partial charge >= 0.3 is 6.18 Å². The van der Waals surface area contributed by atoms with Gasteiger partial charge in [0.1, 0.15) is 0 Å². The zero-order valence-corrected chi connectivity index (χ0v) is 13.3. The average molecular weight is 409 g/mol. The van der Waals surface area contributed by atoms with Gasteiger partial charge in [0.25, 0.3) is 0 Å². The van der Waals surface area contributed by atoms with Crippen LogP contribution in [-0.2, 0) is 12.7 Å². The Labute approximate surface area is 131 Å². The summed E-state index contributed by atoms with van der Waals surface area (Å²) in [6.45, 7) is 0.432. The molecule has 2 rings (SSSR count). The Kier molecular flexibility index (Phi) is 4.75. The molecule has 0 saturated heterocycles. The lowest BCUT2D eigenvalue weighted by Crippen LogP contribution is -2.07. The Hall–Kier alpha value is -1.01. The molecule has 0 unspecified atom stereocenters. The van der Waals surface area contributed by atoms with Gasteiger partial charge < -0.3 is 5.32 Å². The van der Waals surface area contributed by atoms with Gasteiger partial charge in [-0.05, 0) is 45.8 Å². The summed E-state index contributed by atoms with van der Waals surface area (Å²) < 4.78 is 39.5. The third kappa shape index (κ3) is 3.76. The topological polar surface area (TPSA) is 12.0 Å². The number of anilines is 1. The Morgan fingerprint density at radius 2 is 1.65 bits per heavy atom. The van der Waals surface area contributed by atoms with Gasteiger partial charge in [-0.3, -0.25) is 0 Å². The molecule has 0 saturated carbocycles. The van der Waals surface area contributed by atoms with Crippen LogP contribution in [0.25, 0.3) is 0 Å². The second kappa shape index (κ2) is 6.18. The van der Waals surface area contributed by atoms with Crippen molar-refractivity contribution in [3.8, 4) is 0 Å². The van der Waals surface area contributed by atoms with E-state index in [0.29, 0.717) is 16.7 Å². The molecule has 0 amide bonds. The molecule has 0 aliphatic heterocycles. The van der Waals surface area contributed by atoms with Gasteiger partial charge in [0.05, 0.1) is 5.56 Å². The minimum absolute atomic E-state index is 0.413. The van der Waals surface area contributed by atoms with Crippen LogP contribution in [0.5, 0.6) is 0 Å². The predicted molar refractivity (Wildman–Crippen MR) is 80.6 cm³/mol. The number of hydrogen-bond acceptors (Lipinski definition) is 1. The molecule has 20 heavy (non-hydrogen) atoms. The van der Waals surface area contributed by atoms with E-state index in [1.54, 1.807) is 0 Å². The Bertz CT molecular complexity index is 612. The molecular weight excluding hydrogens is 399 g/mol. The molecule has 0 bridgehead atoms. The van der Waals surface area contributed by atoms with Crippen molar-refractivity contribution >= 4 is 37.5 Å². The van der Waals surface area contributed by atoms with Gasteiger partial charge in [0.2, 0.25) is 0 Å². The highest BCUT2D eigenvalue weighted by Crippen LogP contribution is 2.34. The number of halogens is 5. The molecular formula is C14H10Br2F3N. The first-order chi connectivity index (χ1) is 9.38. The molecule has 0 aliphatic carbocycles. The third-order valence-corrected chi connectivity index (χ3v) is 4.19. The lowest BCUT2D eigenvalue weighted by molar-refractivity contribution is -0.137. The van der Waals surface area contributed by atoms with Gasteiger partial charge in [-0.1, -0.05) is 34.1 Å². The van der Waals surface area contributed by atoms with E-state index in [0.717, 1.165) is 22.2 Å². The van der Waals surface area contributed by atoms with Crippen LogP contribution in [0.2, 0.25) is 0 Å². The molecule has 6 heteroatoms. The second-order valence-electron chi connectivity index (χ2n) is 4.14. The minimum Gasteiger partial charge on any atom is -0.380 e. The molecule has 0 atom stereocenters. The van der Waals surface area contributed by atoms with E-state index in [9.17, 15) is 13.2 Å². The van der Waals surface area contributed by atoms with Crippen molar-refractivity contribution in [1.82, 2.24) is 0 Å². The van der Waals surface area contributed by atoms with Crippen molar-refractivity contribution in [1.29, 1.82) is 0 Å². The lowest BCUT2D eigenvalue weighted by atomic mass is 10.2. The molecule has 0 radical (unpaired) electrons. The van der Waals surface area contributed by atoms with Crippen LogP contribution in [0, 0.1) is 0 Å². The first kappa shape index (κ1) is 15.4. The number of alkyl halides is 3. The lowest BCUT2D eigenvalue weighted by Gasteiger charge is -2.13. The Morgan fingerprint density at radius 1 is 0.950 bits per heavy atom. The third-order valence-electron chi connectivity index (χ3n) is 2.72. The summed E-state index contributed by atoms with van der Waals surface area (Å²) in [6, 6.07) is 11.1. The van der Waals surface area contributed by atoms with E-state index in [1.807, 2.05) is 24.3 Å². The van der Waals surface area contributed by atoms with Crippen LogP contribution in [0.15, 0.2) is 51.4 Å². The maximum atomic E-state index is 12.7. The normalized spacial score (nSPS) is 11.4. The van der Waals surface area contributed by atoms with Gasteiger partial charge in [-0.2, -0.15) is 13.2 Å². The molecule has 2 aromatic carbocycles. The largest absolute Gasteiger partial charge is 0.416 e. The molecule has 106 valence electrons. The Morgan fingerprint density at radius 3 is 2.30 bits per heavy atom. The van der Waals surface area contributed by atoms with Gasteiger partial charge in [0.15, 0.2) is 0 Å². The maximum Gasteiger partial charge on any atom is 0.416 e. The monoisotopic (exact) mass is 407 g/mol. The summed E-state index contributed by atoms with van der Waals surface area (Å²) in [5.74, 6) is 0. The second-order valence-corrected chi connectivity index (χ2v) is 5.85. The summed E-state index contributed by atoms with van der Waals surface area (Å²) in [4.78, 5) is 0. The zero-order valence-electron chi connectivity index (χ0n) is 10.1. The fourth-order valence-electron chi connectivity index (χ4n) is 1.67. The van der Waals surface area contributed by atoms with Crippen molar-refractivity contribution < 1.29 is 13.2 Å². The number of rotatable bonds is 3. The van der Waals surface area contributed by atoms with Crippen LogP contribution in [0.4, 0.5) is 18.9 Å². The highest BCUT2D eigenvalue weighted by molar-refractivity contribution is 9.10. The average Bonchev–Trinajstić information content (AvgIpc) is 2.38. The van der Waals surface area contributed by atoms with Gasteiger partial charge in [-0.25, -0.2) is 0 Å². The maximum absolute atomic E-state index is 12.7. The first-order valence-corrected chi connectivity index (χ1v) is 7.30. The molecule has 1 N–H and O–H groups in total. The molecule has 0 fully saturated rings. The zero-order chi connectivity index (χ0) is 14.8. The molecule has 2 aromatic rings. The van der Waals surface area contributed by atoms with Crippen molar-refractivity contribution in [2.45, 2.75) is 12.7 Å². The summed E-state index contributed by atoms with van der Waals surface area (Å²) in [5, 5.41) is 3.01. The van der Waals surface area contributed by atoms with Gasteiger partial charge in [0, 0.05) is 21.2 Å². The van der Waals surface area contributed by atoms with Crippen LogP contribution >= 0.6 is 31.9 Å². The van der Waals surface area contributed by atoms with Crippen LogP contribution in [0.3, 0.4) is 0 Å². The summed E-state index contributed by atoms with van der Waals surface area (Å²) in [7, 11) is 0. The van der Waals surface area contributed by atoms with Gasteiger partial charge in [-0.15, -0.1) is 0 Å². The fraction of sp³-hybridized carbons (Fsp3) is 0.143. The first-order valence-electron chi connectivity index (χ1n) is 5.72. The summed E-state index contributed by atoms with van der Waals surface area (Å²) in [6.07, 6.45) is -4.34. The van der Waals surface area contributed by atoms with E-state index < -0.39 is 11.7 Å². The highest BCUT2D eigenvalue weighted by atomic mass is 79.9. The fourth-order valence-corrected chi connectivity index (χ4v) is 2.48. The number of nitrogens with one attached hydrogen (secondary N) is 1. The van der Waals surface area contributed by atoms with E-state index >= 15 is 0 Å². The SMILES string of the molecule is FC(F)(F)c1ccc(Br)c(NCc2ccccc2Br)c1. The van der Waals surface area contributed by atoms with Crippen molar-refractivity contribution in [2.75, 3.05) is 5.32 Å².